The zero-order valence-corrected chi connectivity index (χ0v) is 11.4. The Morgan fingerprint density at radius 1 is 1.35 bits per heavy atom. The van der Waals surface area contributed by atoms with Gasteiger partial charge in [0.2, 0.25) is 0 Å². The zero-order chi connectivity index (χ0) is 12.3. The summed E-state index contributed by atoms with van der Waals surface area (Å²) in [5, 5.41) is 0. The summed E-state index contributed by atoms with van der Waals surface area (Å²) in [7, 11) is 0. The second-order valence-electron chi connectivity index (χ2n) is 5.05. The number of hydrogen-bond acceptors (Lipinski definition) is 3. The summed E-state index contributed by atoms with van der Waals surface area (Å²) in [6.07, 6.45) is 2.38. The first kappa shape index (κ1) is 12.8. The molecule has 2 rings (SSSR count). The van der Waals surface area contributed by atoms with E-state index >= 15 is 0 Å². The van der Waals surface area contributed by atoms with Crippen molar-refractivity contribution in [1.29, 1.82) is 0 Å². The Kier molecular flexibility index (Phi) is 4.35. The molecule has 0 radical (unpaired) electrons. The largest absolute Gasteiger partial charge is 0.487 e. The maximum atomic E-state index is 6.22. The molecule has 2 N–H and O–H groups in total. The highest BCUT2D eigenvalue weighted by Gasteiger charge is 2.25. The number of rotatable bonds is 4. The second kappa shape index (κ2) is 5.78. The maximum absolute atomic E-state index is 6.22. The Morgan fingerprint density at radius 3 is 2.88 bits per heavy atom. The third-order valence-electron chi connectivity index (χ3n) is 3.09. The fraction of sp³-hybridized carbons (Fsp3) is 0.571. The lowest BCUT2D eigenvalue weighted by Gasteiger charge is -2.30. The third kappa shape index (κ3) is 3.39. The Labute approximate surface area is 108 Å². The summed E-state index contributed by atoms with van der Waals surface area (Å²) in [6.45, 7) is 4.47. The minimum atomic E-state index is 0.151. The number of hydrogen-bond donors (Lipinski definition) is 1. The molecule has 1 aliphatic rings. The van der Waals surface area contributed by atoms with Crippen LogP contribution in [0.1, 0.15) is 26.7 Å². The lowest BCUT2D eigenvalue weighted by Crippen LogP contribution is -2.42. The van der Waals surface area contributed by atoms with E-state index in [1.165, 1.54) is 11.3 Å². The molecule has 0 aliphatic carbocycles. The third-order valence-corrected chi connectivity index (χ3v) is 4.23. The monoisotopic (exact) mass is 251 g/mol. The molecule has 0 bridgehead atoms. The van der Waals surface area contributed by atoms with Crippen molar-refractivity contribution < 1.29 is 4.74 Å². The lowest BCUT2D eigenvalue weighted by molar-refractivity contribution is 0.176. The summed E-state index contributed by atoms with van der Waals surface area (Å²) in [4.78, 5) is 1.24. The molecule has 2 unspecified atom stereocenters. The molecule has 0 fully saturated rings. The highest BCUT2D eigenvalue weighted by molar-refractivity contribution is 7.99. The van der Waals surface area contributed by atoms with Crippen molar-refractivity contribution >= 4 is 11.8 Å². The van der Waals surface area contributed by atoms with Gasteiger partial charge in [-0.1, -0.05) is 26.0 Å². The van der Waals surface area contributed by atoms with E-state index in [1.807, 2.05) is 30.0 Å². The first-order valence-electron chi connectivity index (χ1n) is 6.31. The van der Waals surface area contributed by atoms with E-state index in [-0.39, 0.29) is 12.1 Å². The van der Waals surface area contributed by atoms with Crippen LogP contribution in [0.25, 0.3) is 0 Å². The van der Waals surface area contributed by atoms with Gasteiger partial charge in [0.1, 0.15) is 11.9 Å². The molecule has 1 heterocycles. The normalized spacial score (nSPS) is 20.8. The molecule has 17 heavy (non-hydrogen) atoms. The number of para-hydroxylation sites is 1. The van der Waals surface area contributed by atoms with E-state index in [4.69, 9.17) is 10.5 Å². The van der Waals surface area contributed by atoms with Crippen molar-refractivity contribution in [3.8, 4) is 5.75 Å². The van der Waals surface area contributed by atoms with Crippen LogP contribution in [0.15, 0.2) is 29.2 Å². The summed E-state index contributed by atoms with van der Waals surface area (Å²) in [6, 6.07) is 8.35. The average Bonchev–Trinajstić information content (AvgIpc) is 2.35. The topological polar surface area (TPSA) is 35.2 Å². The van der Waals surface area contributed by atoms with E-state index in [0.29, 0.717) is 5.92 Å². The Bertz CT molecular complexity index is 367. The van der Waals surface area contributed by atoms with E-state index in [2.05, 4.69) is 19.9 Å². The highest BCUT2D eigenvalue weighted by Crippen LogP contribution is 2.35. The van der Waals surface area contributed by atoms with Gasteiger partial charge in [0.05, 0.1) is 0 Å². The fourth-order valence-electron chi connectivity index (χ4n) is 1.96. The number of fused-ring (bicyclic) bond motifs is 1. The van der Waals surface area contributed by atoms with Gasteiger partial charge < -0.3 is 10.5 Å². The Hall–Kier alpha value is -0.670. The molecule has 1 aliphatic heterocycles. The summed E-state index contributed by atoms with van der Waals surface area (Å²) < 4.78 is 5.98. The van der Waals surface area contributed by atoms with E-state index < -0.39 is 0 Å². The summed E-state index contributed by atoms with van der Waals surface area (Å²) in [5.74, 6) is 2.68. The molecule has 0 saturated heterocycles. The van der Waals surface area contributed by atoms with Crippen LogP contribution in [0.2, 0.25) is 0 Å². The molecule has 1 aromatic rings. The van der Waals surface area contributed by atoms with Gasteiger partial charge in [0, 0.05) is 16.7 Å². The molecule has 0 amide bonds. The van der Waals surface area contributed by atoms with Gasteiger partial charge >= 0.3 is 0 Å². The number of ether oxygens (including phenoxy) is 1. The van der Waals surface area contributed by atoms with Crippen molar-refractivity contribution in [3.05, 3.63) is 24.3 Å². The van der Waals surface area contributed by atoms with Crippen LogP contribution in [0.4, 0.5) is 0 Å². The molecular weight excluding hydrogens is 230 g/mol. The minimum Gasteiger partial charge on any atom is -0.487 e. The van der Waals surface area contributed by atoms with Crippen LogP contribution >= 0.6 is 11.8 Å². The Balaban J connectivity index is 1.93. The van der Waals surface area contributed by atoms with Crippen LogP contribution in [0, 0.1) is 5.92 Å². The van der Waals surface area contributed by atoms with Gasteiger partial charge in [-0.3, -0.25) is 0 Å². The molecule has 2 atom stereocenters. The molecule has 0 spiro atoms. The van der Waals surface area contributed by atoms with Crippen molar-refractivity contribution in [1.82, 2.24) is 0 Å². The quantitative estimate of drug-likeness (QED) is 0.891. The van der Waals surface area contributed by atoms with Crippen LogP contribution in [-0.4, -0.2) is 17.9 Å². The minimum absolute atomic E-state index is 0.151. The predicted octanol–water partition coefficient (Wildman–Crippen LogP) is 3.30. The van der Waals surface area contributed by atoms with E-state index in [0.717, 1.165) is 17.9 Å². The average molecular weight is 251 g/mol. The second-order valence-corrected chi connectivity index (χ2v) is 6.11. The van der Waals surface area contributed by atoms with Gasteiger partial charge in [-0.2, -0.15) is 0 Å². The van der Waals surface area contributed by atoms with Gasteiger partial charge in [-0.15, -0.1) is 11.8 Å². The van der Waals surface area contributed by atoms with Gasteiger partial charge in [0.15, 0.2) is 0 Å². The molecule has 2 nitrogen and oxygen atoms in total. The summed E-state index contributed by atoms with van der Waals surface area (Å²) >= 11 is 1.85. The first-order valence-corrected chi connectivity index (χ1v) is 7.29. The SMILES string of the molecule is CC(C)CCC(N)C1CSc2ccccc2O1. The molecule has 0 saturated carbocycles. The van der Waals surface area contributed by atoms with Crippen LogP contribution in [0.5, 0.6) is 5.75 Å². The highest BCUT2D eigenvalue weighted by atomic mass is 32.2. The number of benzene rings is 1. The van der Waals surface area contributed by atoms with Crippen molar-refractivity contribution in [2.45, 2.75) is 43.7 Å². The van der Waals surface area contributed by atoms with E-state index in [9.17, 15) is 0 Å². The fourth-order valence-corrected chi connectivity index (χ4v) is 3.05. The lowest BCUT2D eigenvalue weighted by atomic mass is 10.0. The molecule has 94 valence electrons. The number of nitrogens with two attached hydrogens (primary N) is 1. The van der Waals surface area contributed by atoms with Crippen molar-refractivity contribution in [2.75, 3.05) is 5.75 Å². The van der Waals surface area contributed by atoms with E-state index in [1.54, 1.807) is 0 Å². The van der Waals surface area contributed by atoms with Gasteiger partial charge in [0.25, 0.3) is 0 Å². The van der Waals surface area contributed by atoms with Crippen LogP contribution in [0.3, 0.4) is 0 Å². The Morgan fingerprint density at radius 2 is 2.12 bits per heavy atom. The molecule has 3 heteroatoms. The predicted molar refractivity (Wildman–Crippen MR) is 73.6 cm³/mol. The van der Waals surface area contributed by atoms with Gasteiger partial charge in [-0.25, -0.2) is 0 Å². The first-order chi connectivity index (χ1) is 8.16. The van der Waals surface area contributed by atoms with Crippen LogP contribution < -0.4 is 10.5 Å². The smallest absolute Gasteiger partial charge is 0.133 e. The van der Waals surface area contributed by atoms with Crippen molar-refractivity contribution in [3.63, 3.8) is 0 Å². The van der Waals surface area contributed by atoms with Crippen molar-refractivity contribution in [2.24, 2.45) is 11.7 Å². The molecule has 1 aromatic carbocycles. The zero-order valence-electron chi connectivity index (χ0n) is 10.6. The standard InChI is InChI=1S/C14H21NOS/c1-10(2)7-8-11(15)13-9-17-14-6-4-3-5-12(14)16-13/h3-6,10-11,13H,7-9,15H2,1-2H3. The number of thioether (sulfide) groups is 1. The summed E-state index contributed by atoms with van der Waals surface area (Å²) in [5.41, 5.74) is 6.22. The maximum Gasteiger partial charge on any atom is 0.133 e. The molecular formula is C14H21NOS. The van der Waals surface area contributed by atoms with Crippen LogP contribution in [-0.2, 0) is 0 Å². The molecule has 0 aromatic heterocycles. The van der Waals surface area contributed by atoms with Gasteiger partial charge in [-0.05, 0) is 30.9 Å².